The van der Waals surface area contributed by atoms with Crippen molar-refractivity contribution < 1.29 is 14.3 Å². The lowest BCUT2D eigenvalue weighted by atomic mass is 9.89. The van der Waals surface area contributed by atoms with Crippen LogP contribution in [0.5, 0.6) is 11.5 Å². The van der Waals surface area contributed by atoms with Crippen LogP contribution in [0.15, 0.2) is 65.4 Å². The Morgan fingerprint density at radius 3 is 2.23 bits per heavy atom. The second-order valence-electron chi connectivity index (χ2n) is 7.52. The van der Waals surface area contributed by atoms with Crippen molar-refractivity contribution in [2.24, 2.45) is 0 Å². The molecule has 1 atom stereocenters. The third-order valence-corrected chi connectivity index (χ3v) is 5.80. The molecule has 4 rings (SSSR count). The molecule has 0 unspecified atom stereocenters. The highest BCUT2D eigenvalue weighted by molar-refractivity contribution is 7.80. The standard InChI is InChI=1S/C24H25N3O3S/c1-15(28)27-13-18(12-16-4-8-19(29-2)9-5-16)23-21(14-27)22(25-24(31)26-23)17-6-10-20(30-3)11-7-17/h4-12,22H,13-14H2,1-3H3,(H2,25,26,31)/b18-12+/t22-/m1/s1. The summed E-state index contributed by atoms with van der Waals surface area (Å²) in [6.07, 6.45) is 2.09. The lowest BCUT2D eigenvalue weighted by Crippen LogP contribution is -2.50. The summed E-state index contributed by atoms with van der Waals surface area (Å²) in [5.41, 5.74) is 5.17. The Kier molecular flexibility index (Phi) is 5.95. The molecule has 2 aromatic carbocycles. The Morgan fingerprint density at radius 1 is 1.03 bits per heavy atom. The monoisotopic (exact) mass is 435 g/mol. The molecule has 2 aromatic rings. The van der Waals surface area contributed by atoms with Crippen LogP contribution in [0.4, 0.5) is 0 Å². The van der Waals surface area contributed by atoms with Gasteiger partial charge in [0.1, 0.15) is 11.5 Å². The van der Waals surface area contributed by atoms with Crippen LogP contribution in [0.3, 0.4) is 0 Å². The third-order valence-electron chi connectivity index (χ3n) is 5.58. The molecule has 0 aromatic heterocycles. The van der Waals surface area contributed by atoms with E-state index < -0.39 is 0 Å². The number of hydrogen-bond donors (Lipinski definition) is 2. The molecule has 0 saturated carbocycles. The van der Waals surface area contributed by atoms with E-state index in [0.717, 1.165) is 39.5 Å². The number of nitrogens with one attached hydrogen (secondary N) is 2. The van der Waals surface area contributed by atoms with E-state index in [4.69, 9.17) is 21.7 Å². The van der Waals surface area contributed by atoms with Crippen molar-refractivity contribution in [1.82, 2.24) is 15.5 Å². The van der Waals surface area contributed by atoms with Gasteiger partial charge in [0.25, 0.3) is 0 Å². The van der Waals surface area contributed by atoms with Gasteiger partial charge in [0.05, 0.1) is 20.3 Å². The molecule has 2 aliphatic rings. The van der Waals surface area contributed by atoms with E-state index in [1.807, 2.05) is 53.4 Å². The molecule has 2 N–H and O–H groups in total. The maximum atomic E-state index is 12.3. The van der Waals surface area contributed by atoms with Crippen LogP contribution in [0.2, 0.25) is 0 Å². The molecule has 0 aliphatic carbocycles. The van der Waals surface area contributed by atoms with E-state index in [1.165, 1.54) is 0 Å². The van der Waals surface area contributed by atoms with Gasteiger partial charge in [-0.1, -0.05) is 24.3 Å². The van der Waals surface area contributed by atoms with Crippen molar-refractivity contribution >= 4 is 29.3 Å². The molecule has 0 radical (unpaired) electrons. The van der Waals surface area contributed by atoms with Gasteiger partial charge in [-0.25, -0.2) is 0 Å². The van der Waals surface area contributed by atoms with E-state index in [2.05, 4.69) is 16.7 Å². The molecule has 0 saturated heterocycles. The van der Waals surface area contributed by atoms with Crippen LogP contribution in [0.1, 0.15) is 24.1 Å². The summed E-state index contributed by atoms with van der Waals surface area (Å²) in [7, 11) is 3.30. The first-order valence-electron chi connectivity index (χ1n) is 10.0. The predicted molar refractivity (Wildman–Crippen MR) is 125 cm³/mol. The Labute approximate surface area is 187 Å². The Balaban J connectivity index is 1.78. The molecule has 0 bridgehead atoms. The fourth-order valence-corrected chi connectivity index (χ4v) is 4.14. The van der Waals surface area contributed by atoms with Crippen molar-refractivity contribution in [2.75, 3.05) is 27.3 Å². The topological polar surface area (TPSA) is 62.8 Å². The number of benzene rings is 2. The highest BCUT2D eigenvalue weighted by atomic mass is 32.1. The molecule has 6 nitrogen and oxygen atoms in total. The summed E-state index contributed by atoms with van der Waals surface area (Å²) >= 11 is 5.53. The highest BCUT2D eigenvalue weighted by Crippen LogP contribution is 2.35. The first-order chi connectivity index (χ1) is 15.0. The number of amides is 1. The lowest BCUT2D eigenvalue weighted by molar-refractivity contribution is -0.128. The molecule has 1 amide bonds. The normalized spacial score (nSPS) is 19.5. The van der Waals surface area contributed by atoms with Crippen LogP contribution in [-0.2, 0) is 4.79 Å². The first-order valence-corrected chi connectivity index (χ1v) is 10.4. The van der Waals surface area contributed by atoms with Crippen molar-refractivity contribution in [3.05, 3.63) is 76.5 Å². The van der Waals surface area contributed by atoms with Gasteiger partial charge in [-0.3, -0.25) is 4.79 Å². The van der Waals surface area contributed by atoms with E-state index in [9.17, 15) is 4.79 Å². The second kappa shape index (κ2) is 8.81. The largest absolute Gasteiger partial charge is 0.497 e. The number of rotatable bonds is 4. The average molecular weight is 436 g/mol. The third kappa shape index (κ3) is 4.41. The average Bonchev–Trinajstić information content (AvgIpc) is 2.79. The van der Waals surface area contributed by atoms with Crippen LogP contribution >= 0.6 is 12.2 Å². The quantitative estimate of drug-likeness (QED) is 0.718. The number of thiocarbonyl (C=S) groups is 1. The zero-order chi connectivity index (χ0) is 22.0. The Hall–Kier alpha value is -3.32. The van der Waals surface area contributed by atoms with E-state index in [-0.39, 0.29) is 11.9 Å². The van der Waals surface area contributed by atoms with Crippen molar-refractivity contribution in [1.29, 1.82) is 0 Å². The SMILES string of the molecule is COc1ccc(/C=C2\CN(C(C)=O)CC3=C2NC(=S)N[C@@H]3c2ccc(OC)cc2)cc1. The fourth-order valence-electron chi connectivity index (χ4n) is 3.92. The molecule has 160 valence electrons. The summed E-state index contributed by atoms with van der Waals surface area (Å²) < 4.78 is 10.5. The lowest BCUT2D eigenvalue weighted by Gasteiger charge is -2.40. The minimum absolute atomic E-state index is 0.0359. The van der Waals surface area contributed by atoms with Crippen molar-refractivity contribution in [3.8, 4) is 11.5 Å². The van der Waals surface area contributed by atoms with Gasteiger partial charge >= 0.3 is 0 Å². The first kappa shape index (κ1) is 20.9. The number of methoxy groups -OCH3 is 2. The summed E-state index contributed by atoms with van der Waals surface area (Å²) in [4.78, 5) is 14.2. The van der Waals surface area contributed by atoms with Gasteiger partial charge in [0.15, 0.2) is 5.11 Å². The minimum atomic E-state index is -0.129. The van der Waals surface area contributed by atoms with Crippen LogP contribution < -0.4 is 20.1 Å². The van der Waals surface area contributed by atoms with E-state index in [0.29, 0.717) is 18.2 Å². The number of carbonyl (C=O) groups excluding carboxylic acids is 1. The molecule has 7 heteroatoms. The van der Waals surface area contributed by atoms with Gasteiger partial charge in [0, 0.05) is 25.7 Å². The van der Waals surface area contributed by atoms with Gasteiger partial charge in [-0.05, 0) is 64.8 Å². The summed E-state index contributed by atoms with van der Waals surface area (Å²) in [5, 5.41) is 7.27. The van der Waals surface area contributed by atoms with E-state index in [1.54, 1.807) is 21.1 Å². The number of nitrogens with zero attached hydrogens (tertiary/aromatic N) is 1. The summed E-state index contributed by atoms with van der Waals surface area (Å²) in [6, 6.07) is 15.6. The highest BCUT2D eigenvalue weighted by Gasteiger charge is 2.34. The van der Waals surface area contributed by atoms with Crippen LogP contribution in [-0.4, -0.2) is 43.2 Å². The minimum Gasteiger partial charge on any atom is -0.497 e. The maximum absolute atomic E-state index is 12.3. The molecule has 2 aliphatic heterocycles. The fraction of sp³-hybridized carbons (Fsp3) is 0.250. The molecular weight excluding hydrogens is 410 g/mol. The van der Waals surface area contributed by atoms with Crippen LogP contribution in [0.25, 0.3) is 6.08 Å². The summed E-state index contributed by atoms with van der Waals surface area (Å²) in [5.74, 6) is 1.63. The number of ether oxygens (including phenoxy) is 2. The molecule has 0 spiro atoms. The summed E-state index contributed by atoms with van der Waals surface area (Å²) in [6.45, 7) is 2.66. The Bertz CT molecular complexity index is 1060. The van der Waals surface area contributed by atoms with E-state index >= 15 is 0 Å². The van der Waals surface area contributed by atoms with Gasteiger partial charge < -0.3 is 25.0 Å². The predicted octanol–water partition coefficient (Wildman–Crippen LogP) is 3.42. The van der Waals surface area contributed by atoms with Crippen molar-refractivity contribution in [2.45, 2.75) is 13.0 Å². The number of carbonyl (C=O) groups is 1. The molecule has 2 heterocycles. The zero-order valence-electron chi connectivity index (χ0n) is 17.8. The zero-order valence-corrected chi connectivity index (χ0v) is 18.6. The van der Waals surface area contributed by atoms with Gasteiger partial charge in [-0.2, -0.15) is 0 Å². The van der Waals surface area contributed by atoms with Crippen molar-refractivity contribution in [3.63, 3.8) is 0 Å². The molecule has 0 fully saturated rings. The maximum Gasteiger partial charge on any atom is 0.220 e. The van der Waals surface area contributed by atoms with Gasteiger partial charge in [0.2, 0.25) is 5.91 Å². The van der Waals surface area contributed by atoms with Crippen LogP contribution in [0, 0.1) is 0 Å². The van der Waals surface area contributed by atoms with Gasteiger partial charge in [-0.15, -0.1) is 0 Å². The smallest absolute Gasteiger partial charge is 0.220 e. The Morgan fingerprint density at radius 2 is 1.65 bits per heavy atom. The molecule has 31 heavy (non-hydrogen) atoms. The second-order valence-corrected chi connectivity index (χ2v) is 7.93. The number of hydrogen-bond acceptors (Lipinski definition) is 4. The molecular formula is C24H25N3O3S.